The van der Waals surface area contributed by atoms with Crippen LogP contribution in [-0.4, -0.2) is 49.2 Å². The predicted octanol–water partition coefficient (Wildman–Crippen LogP) is -0.499. The Morgan fingerprint density at radius 2 is 1.74 bits per heavy atom. The summed E-state index contributed by atoms with van der Waals surface area (Å²) in [6, 6.07) is 1.84. The van der Waals surface area contributed by atoms with Crippen molar-refractivity contribution in [1.82, 2.24) is 9.97 Å². The zero-order valence-corrected chi connectivity index (χ0v) is 10.5. The maximum Gasteiger partial charge on any atom is 0.325 e. The van der Waals surface area contributed by atoms with E-state index < -0.39 is 11.9 Å². The Balaban J connectivity index is 3.04. The van der Waals surface area contributed by atoms with E-state index in [2.05, 4.69) is 19.4 Å². The number of anilines is 1. The van der Waals surface area contributed by atoms with Gasteiger partial charge in [-0.05, 0) is 0 Å². The minimum atomic E-state index is -0.571. The fourth-order valence-corrected chi connectivity index (χ4v) is 1.29. The third-order valence-corrected chi connectivity index (χ3v) is 2.18. The Labute approximate surface area is 109 Å². The maximum atomic E-state index is 11.3. The number of esters is 2. The number of nitriles is 1. The summed E-state index contributed by atoms with van der Waals surface area (Å²) in [5.41, 5.74) is 0.00954. The standard InChI is InChI=1S/C11H12N4O4/c1-18-9(16)6-15(7-10(17)19-2)11-8(5-12)13-3-4-14-11/h3-4H,6-7H2,1-2H3. The molecule has 0 fully saturated rings. The first-order valence-corrected chi connectivity index (χ1v) is 5.22. The zero-order valence-electron chi connectivity index (χ0n) is 10.5. The molecule has 0 aliphatic carbocycles. The largest absolute Gasteiger partial charge is 0.468 e. The quantitative estimate of drug-likeness (QED) is 0.655. The van der Waals surface area contributed by atoms with E-state index in [9.17, 15) is 9.59 Å². The molecular weight excluding hydrogens is 252 g/mol. The molecule has 1 aromatic heterocycles. The molecule has 1 aromatic rings. The van der Waals surface area contributed by atoms with Crippen molar-refractivity contribution in [3.05, 3.63) is 18.1 Å². The summed E-state index contributed by atoms with van der Waals surface area (Å²) in [5, 5.41) is 8.94. The van der Waals surface area contributed by atoms with E-state index in [0.29, 0.717) is 0 Å². The van der Waals surface area contributed by atoms with Crippen molar-refractivity contribution in [1.29, 1.82) is 5.26 Å². The Hall–Kier alpha value is -2.69. The fourth-order valence-electron chi connectivity index (χ4n) is 1.29. The normalized spacial score (nSPS) is 9.32. The predicted molar refractivity (Wildman–Crippen MR) is 63.0 cm³/mol. The molecule has 8 heteroatoms. The van der Waals surface area contributed by atoms with Gasteiger partial charge in [-0.25, -0.2) is 9.97 Å². The lowest BCUT2D eigenvalue weighted by Gasteiger charge is -2.21. The highest BCUT2D eigenvalue weighted by Crippen LogP contribution is 2.13. The van der Waals surface area contributed by atoms with Gasteiger partial charge in [-0.3, -0.25) is 9.59 Å². The van der Waals surface area contributed by atoms with E-state index in [1.165, 1.54) is 31.5 Å². The lowest BCUT2D eigenvalue weighted by molar-refractivity contribution is -0.140. The minimum Gasteiger partial charge on any atom is -0.468 e. The number of aromatic nitrogens is 2. The van der Waals surface area contributed by atoms with E-state index in [1.54, 1.807) is 0 Å². The number of hydrogen-bond donors (Lipinski definition) is 0. The topological polar surface area (TPSA) is 105 Å². The average Bonchev–Trinajstić information content (AvgIpc) is 2.46. The molecule has 100 valence electrons. The minimum absolute atomic E-state index is 0.00954. The second-order valence-corrected chi connectivity index (χ2v) is 3.35. The highest BCUT2D eigenvalue weighted by molar-refractivity contribution is 5.81. The molecule has 0 saturated heterocycles. The van der Waals surface area contributed by atoms with Gasteiger partial charge in [-0.2, -0.15) is 5.26 Å². The third kappa shape index (κ3) is 3.92. The van der Waals surface area contributed by atoms with Gasteiger partial charge < -0.3 is 14.4 Å². The Kier molecular flexibility index (Phi) is 5.22. The van der Waals surface area contributed by atoms with E-state index >= 15 is 0 Å². The summed E-state index contributed by atoms with van der Waals surface area (Å²) in [5.74, 6) is -1.02. The van der Waals surface area contributed by atoms with Crippen molar-refractivity contribution < 1.29 is 19.1 Å². The van der Waals surface area contributed by atoms with Crippen LogP contribution in [0.5, 0.6) is 0 Å². The number of ether oxygens (including phenoxy) is 2. The van der Waals surface area contributed by atoms with Crippen LogP contribution in [0.4, 0.5) is 5.82 Å². The summed E-state index contributed by atoms with van der Waals surface area (Å²) in [7, 11) is 2.45. The van der Waals surface area contributed by atoms with Crippen LogP contribution in [0.2, 0.25) is 0 Å². The smallest absolute Gasteiger partial charge is 0.325 e. The van der Waals surface area contributed by atoms with Gasteiger partial charge in [-0.1, -0.05) is 0 Å². The molecule has 0 saturated carbocycles. The van der Waals surface area contributed by atoms with Crippen LogP contribution in [0.15, 0.2) is 12.4 Å². The SMILES string of the molecule is COC(=O)CN(CC(=O)OC)c1nccnc1C#N. The summed E-state index contributed by atoms with van der Waals surface area (Å²) in [6.45, 7) is -0.474. The molecule has 19 heavy (non-hydrogen) atoms. The number of nitrogens with zero attached hydrogens (tertiary/aromatic N) is 4. The Morgan fingerprint density at radius 1 is 1.21 bits per heavy atom. The van der Waals surface area contributed by atoms with Gasteiger partial charge in [0, 0.05) is 12.4 Å². The van der Waals surface area contributed by atoms with Crippen LogP contribution in [0.25, 0.3) is 0 Å². The average molecular weight is 264 g/mol. The molecule has 0 N–H and O–H groups in total. The molecule has 0 bridgehead atoms. The van der Waals surface area contributed by atoms with Gasteiger partial charge in [-0.15, -0.1) is 0 Å². The fraction of sp³-hybridized carbons (Fsp3) is 0.364. The van der Waals surface area contributed by atoms with E-state index in [-0.39, 0.29) is 24.6 Å². The molecule has 0 radical (unpaired) electrons. The number of hydrogen-bond acceptors (Lipinski definition) is 8. The van der Waals surface area contributed by atoms with Crippen LogP contribution in [-0.2, 0) is 19.1 Å². The molecule has 0 atom stereocenters. The molecular formula is C11H12N4O4. The molecule has 1 rings (SSSR count). The van der Waals surface area contributed by atoms with E-state index in [0.717, 1.165) is 0 Å². The molecule has 0 aliphatic heterocycles. The Morgan fingerprint density at radius 3 is 2.21 bits per heavy atom. The van der Waals surface area contributed by atoms with Crippen molar-refractivity contribution >= 4 is 17.8 Å². The van der Waals surface area contributed by atoms with Crippen molar-refractivity contribution in [3.8, 4) is 6.07 Å². The van der Waals surface area contributed by atoms with Crippen molar-refractivity contribution in [3.63, 3.8) is 0 Å². The number of methoxy groups -OCH3 is 2. The van der Waals surface area contributed by atoms with Gasteiger partial charge in [0.25, 0.3) is 0 Å². The highest BCUT2D eigenvalue weighted by atomic mass is 16.5. The van der Waals surface area contributed by atoms with Gasteiger partial charge in [0.2, 0.25) is 0 Å². The number of carbonyl (C=O) groups excluding carboxylic acids is 2. The molecule has 8 nitrogen and oxygen atoms in total. The molecule has 0 amide bonds. The summed E-state index contributed by atoms with van der Waals surface area (Å²) in [4.78, 5) is 31.7. The molecule has 0 spiro atoms. The van der Waals surface area contributed by atoms with Crippen molar-refractivity contribution in [2.24, 2.45) is 0 Å². The van der Waals surface area contributed by atoms with Crippen LogP contribution in [0, 0.1) is 11.3 Å². The van der Waals surface area contributed by atoms with Gasteiger partial charge in [0.1, 0.15) is 19.2 Å². The van der Waals surface area contributed by atoms with Crippen LogP contribution < -0.4 is 4.90 Å². The highest BCUT2D eigenvalue weighted by Gasteiger charge is 2.20. The third-order valence-electron chi connectivity index (χ3n) is 2.18. The molecule has 0 aliphatic rings. The lowest BCUT2D eigenvalue weighted by atomic mass is 10.3. The van der Waals surface area contributed by atoms with Gasteiger partial charge in [0.05, 0.1) is 14.2 Å². The summed E-state index contributed by atoms with van der Waals surface area (Å²) in [6.07, 6.45) is 2.70. The lowest BCUT2D eigenvalue weighted by Crippen LogP contribution is -2.36. The van der Waals surface area contributed by atoms with Gasteiger partial charge >= 0.3 is 11.9 Å². The van der Waals surface area contributed by atoms with E-state index in [1.807, 2.05) is 6.07 Å². The van der Waals surface area contributed by atoms with Crippen molar-refractivity contribution in [2.75, 3.05) is 32.2 Å². The van der Waals surface area contributed by atoms with Crippen LogP contribution in [0.3, 0.4) is 0 Å². The maximum absolute atomic E-state index is 11.3. The molecule has 1 heterocycles. The zero-order chi connectivity index (χ0) is 14.3. The first-order chi connectivity index (χ1) is 9.12. The monoisotopic (exact) mass is 264 g/mol. The first kappa shape index (κ1) is 14.4. The summed E-state index contributed by atoms with van der Waals surface area (Å²) < 4.78 is 9.05. The van der Waals surface area contributed by atoms with Crippen molar-refractivity contribution in [2.45, 2.75) is 0 Å². The molecule has 0 unspecified atom stereocenters. The number of carbonyl (C=O) groups is 2. The second kappa shape index (κ2) is 6.90. The summed E-state index contributed by atoms with van der Waals surface area (Å²) >= 11 is 0. The second-order valence-electron chi connectivity index (χ2n) is 3.35. The molecule has 0 aromatic carbocycles. The van der Waals surface area contributed by atoms with Crippen LogP contribution in [0.1, 0.15) is 5.69 Å². The number of rotatable bonds is 5. The first-order valence-electron chi connectivity index (χ1n) is 5.22. The van der Waals surface area contributed by atoms with Gasteiger partial charge in [0.15, 0.2) is 11.5 Å². The van der Waals surface area contributed by atoms with E-state index in [4.69, 9.17) is 5.26 Å². The Bertz CT molecular complexity index is 494. The van der Waals surface area contributed by atoms with Crippen LogP contribution >= 0.6 is 0 Å².